The quantitative estimate of drug-likeness (QED) is 0.689. The molecule has 1 saturated carbocycles. The first-order valence-corrected chi connectivity index (χ1v) is 8.19. The van der Waals surface area contributed by atoms with E-state index in [2.05, 4.69) is 48.8 Å². The Bertz CT molecular complexity index is 521. The highest BCUT2D eigenvalue weighted by molar-refractivity contribution is 9.10. The van der Waals surface area contributed by atoms with Crippen LogP contribution in [0.1, 0.15) is 45.6 Å². The van der Waals surface area contributed by atoms with Crippen LogP contribution in [0.2, 0.25) is 0 Å². The van der Waals surface area contributed by atoms with Crippen molar-refractivity contribution < 1.29 is 4.74 Å². The highest BCUT2D eigenvalue weighted by Gasteiger charge is 2.47. The summed E-state index contributed by atoms with van der Waals surface area (Å²) >= 11 is 3.87. The van der Waals surface area contributed by atoms with E-state index in [0.717, 1.165) is 24.3 Å². The van der Waals surface area contributed by atoms with Crippen LogP contribution in [0.15, 0.2) is 35.3 Å². The SMILES string of the molecule is CC1(C)N=C(c2ccccc2)O[C@@H]2C[C@H]1CC[C@@]2(C)Br. The van der Waals surface area contributed by atoms with Crippen LogP contribution in [0, 0.1) is 5.92 Å². The minimum atomic E-state index is -0.0522. The second-order valence-corrected chi connectivity index (χ2v) is 8.60. The predicted octanol–water partition coefficient (Wildman–Crippen LogP) is 4.56. The maximum atomic E-state index is 6.32. The number of fused-ring (bicyclic) bond motifs is 2. The summed E-state index contributed by atoms with van der Waals surface area (Å²) in [5.74, 6) is 1.40. The molecule has 1 heterocycles. The summed E-state index contributed by atoms with van der Waals surface area (Å²) < 4.78 is 6.38. The molecular weight excluding hydrogens is 314 g/mol. The van der Waals surface area contributed by atoms with E-state index in [1.54, 1.807) is 0 Å². The van der Waals surface area contributed by atoms with E-state index in [1.807, 2.05) is 18.2 Å². The molecule has 1 aliphatic heterocycles. The Hall–Kier alpha value is -0.830. The first-order valence-electron chi connectivity index (χ1n) is 7.39. The van der Waals surface area contributed by atoms with Crippen molar-refractivity contribution in [2.75, 3.05) is 0 Å². The first kappa shape index (κ1) is 14.1. The molecular formula is C17H22BrNO. The van der Waals surface area contributed by atoms with Gasteiger partial charge in [-0.05, 0) is 58.1 Å². The van der Waals surface area contributed by atoms with Crippen LogP contribution in [0.4, 0.5) is 0 Å². The third kappa shape index (κ3) is 2.52. The summed E-state index contributed by atoms with van der Waals surface area (Å²) in [5.41, 5.74) is 1.03. The van der Waals surface area contributed by atoms with Gasteiger partial charge in [-0.15, -0.1) is 0 Å². The maximum absolute atomic E-state index is 6.32. The van der Waals surface area contributed by atoms with E-state index in [4.69, 9.17) is 9.73 Å². The van der Waals surface area contributed by atoms with Gasteiger partial charge in [0.1, 0.15) is 6.10 Å². The molecule has 0 radical (unpaired) electrons. The fourth-order valence-corrected chi connectivity index (χ4v) is 3.79. The Morgan fingerprint density at radius 1 is 1.20 bits per heavy atom. The molecule has 1 fully saturated rings. The summed E-state index contributed by atoms with van der Waals surface area (Å²) in [6, 6.07) is 10.3. The number of benzene rings is 1. The van der Waals surface area contributed by atoms with Gasteiger partial charge in [0.15, 0.2) is 0 Å². The monoisotopic (exact) mass is 335 g/mol. The lowest BCUT2D eigenvalue weighted by Crippen LogP contribution is -2.44. The van der Waals surface area contributed by atoms with Gasteiger partial charge in [-0.2, -0.15) is 0 Å². The number of halogens is 1. The van der Waals surface area contributed by atoms with Crippen LogP contribution in [0.25, 0.3) is 0 Å². The highest BCUT2D eigenvalue weighted by atomic mass is 79.9. The second-order valence-electron chi connectivity index (χ2n) is 6.79. The normalized spacial score (nSPS) is 35.7. The van der Waals surface area contributed by atoms with E-state index < -0.39 is 0 Å². The Morgan fingerprint density at radius 3 is 2.60 bits per heavy atom. The lowest BCUT2D eigenvalue weighted by Gasteiger charge is -2.41. The number of rotatable bonds is 1. The van der Waals surface area contributed by atoms with Gasteiger partial charge < -0.3 is 4.74 Å². The Kier molecular flexibility index (Phi) is 3.44. The zero-order valence-corrected chi connectivity index (χ0v) is 14.0. The number of hydrogen-bond donors (Lipinski definition) is 0. The van der Waals surface area contributed by atoms with Crippen LogP contribution in [0.5, 0.6) is 0 Å². The lowest BCUT2D eigenvalue weighted by atomic mass is 9.73. The molecule has 1 aromatic rings. The third-order valence-corrected chi connectivity index (χ3v) is 5.72. The van der Waals surface area contributed by atoms with Crippen LogP contribution >= 0.6 is 15.9 Å². The smallest absolute Gasteiger partial charge is 0.216 e. The average Bonchev–Trinajstić information content (AvgIpc) is 2.52. The van der Waals surface area contributed by atoms with Gasteiger partial charge in [0, 0.05) is 5.56 Å². The van der Waals surface area contributed by atoms with Crippen molar-refractivity contribution >= 4 is 21.8 Å². The Morgan fingerprint density at radius 2 is 1.90 bits per heavy atom. The second kappa shape index (κ2) is 4.87. The zero-order valence-electron chi connectivity index (χ0n) is 12.4. The molecule has 0 saturated heterocycles. The molecule has 0 amide bonds. The average molecular weight is 336 g/mol. The fourth-order valence-electron chi connectivity index (χ4n) is 3.28. The minimum Gasteiger partial charge on any atom is -0.473 e. The van der Waals surface area contributed by atoms with Crippen molar-refractivity contribution in [2.24, 2.45) is 10.9 Å². The summed E-state index contributed by atoms with van der Waals surface area (Å²) in [7, 11) is 0. The summed E-state index contributed by atoms with van der Waals surface area (Å²) in [5, 5.41) is 0. The molecule has 0 spiro atoms. The van der Waals surface area contributed by atoms with Gasteiger partial charge in [0.25, 0.3) is 0 Å². The van der Waals surface area contributed by atoms with Crippen molar-refractivity contribution in [2.45, 2.75) is 56.0 Å². The van der Waals surface area contributed by atoms with Crippen LogP contribution in [-0.4, -0.2) is 21.9 Å². The number of hydrogen-bond acceptors (Lipinski definition) is 2. The predicted molar refractivity (Wildman–Crippen MR) is 86.6 cm³/mol. The van der Waals surface area contributed by atoms with Crippen LogP contribution in [-0.2, 0) is 4.74 Å². The molecule has 3 atom stereocenters. The summed E-state index contributed by atoms with van der Waals surface area (Å²) in [6.07, 6.45) is 3.62. The molecule has 2 bridgehead atoms. The van der Waals surface area contributed by atoms with Gasteiger partial charge in [0.05, 0.1) is 9.86 Å². The minimum absolute atomic E-state index is 0.0522. The van der Waals surface area contributed by atoms with E-state index in [-0.39, 0.29) is 16.0 Å². The molecule has 108 valence electrons. The summed E-state index contributed by atoms with van der Waals surface area (Å²) in [6.45, 7) is 6.72. The van der Waals surface area contributed by atoms with Crippen molar-refractivity contribution in [3.05, 3.63) is 35.9 Å². The number of nitrogens with zero attached hydrogens (tertiary/aromatic N) is 1. The molecule has 3 rings (SSSR count). The van der Waals surface area contributed by atoms with Gasteiger partial charge >= 0.3 is 0 Å². The van der Waals surface area contributed by atoms with Gasteiger partial charge in [-0.1, -0.05) is 34.1 Å². The van der Waals surface area contributed by atoms with Crippen LogP contribution in [0.3, 0.4) is 0 Å². The number of ether oxygens (including phenoxy) is 1. The topological polar surface area (TPSA) is 21.6 Å². The molecule has 0 N–H and O–H groups in total. The number of alkyl halides is 1. The van der Waals surface area contributed by atoms with Crippen molar-refractivity contribution in [3.63, 3.8) is 0 Å². The Labute approximate surface area is 129 Å². The van der Waals surface area contributed by atoms with E-state index in [0.29, 0.717) is 5.92 Å². The molecule has 3 heteroatoms. The molecule has 0 unspecified atom stereocenters. The van der Waals surface area contributed by atoms with Crippen molar-refractivity contribution in [1.82, 2.24) is 0 Å². The lowest BCUT2D eigenvalue weighted by molar-refractivity contribution is 0.0819. The standard InChI is InChI=1S/C17H22BrNO/c1-16(2)13-9-10-17(3,18)14(11-13)20-15(19-16)12-7-5-4-6-8-12/h4-8,13-14H,9-11H2,1-3H3/t13-,14-,17-/m1/s1. The fraction of sp³-hybridized carbons (Fsp3) is 0.588. The summed E-state index contributed by atoms with van der Waals surface area (Å²) in [4.78, 5) is 4.96. The largest absolute Gasteiger partial charge is 0.473 e. The van der Waals surface area contributed by atoms with Crippen LogP contribution < -0.4 is 0 Å². The maximum Gasteiger partial charge on any atom is 0.216 e. The molecule has 1 aromatic carbocycles. The highest BCUT2D eigenvalue weighted by Crippen LogP contribution is 2.46. The zero-order chi connectivity index (χ0) is 14.4. The third-order valence-electron chi connectivity index (χ3n) is 4.81. The van der Waals surface area contributed by atoms with E-state index in [9.17, 15) is 0 Å². The molecule has 2 aliphatic rings. The van der Waals surface area contributed by atoms with E-state index in [1.165, 1.54) is 6.42 Å². The van der Waals surface area contributed by atoms with Gasteiger partial charge in [-0.3, -0.25) is 0 Å². The van der Waals surface area contributed by atoms with Crippen molar-refractivity contribution in [1.29, 1.82) is 0 Å². The van der Waals surface area contributed by atoms with Gasteiger partial charge in [-0.25, -0.2) is 4.99 Å². The van der Waals surface area contributed by atoms with E-state index >= 15 is 0 Å². The molecule has 20 heavy (non-hydrogen) atoms. The molecule has 1 aliphatic carbocycles. The Balaban J connectivity index is 2.01. The molecule has 0 aromatic heterocycles. The van der Waals surface area contributed by atoms with Gasteiger partial charge in [0.2, 0.25) is 5.90 Å². The first-order chi connectivity index (χ1) is 9.38. The van der Waals surface area contributed by atoms with Crippen molar-refractivity contribution in [3.8, 4) is 0 Å². The number of aliphatic imine (C=N–C) groups is 1. The molecule has 2 nitrogen and oxygen atoms in total.